The zero-order valence-electron chi connectivity index (χ0n) is 16.8. The third-order valence-electron chi connectivity index (χ3n) is 6.32. The van der Waals surface area contributed by atoms with Crippen molar-refractivity contribution in [1.82, 2.24) is 19.4 Å². The molecular formula is C21H26N6OS. The van der Waals surface area contributed by atoms with Gasteiger partial charge in [-0.2, -0.15) is 0 Å². The molecule has 3 aromatic heterocycles. The molecule has 2 fully saturated rings. The molecule has 0 radical (unpaired) electrons. The average Bonchev–Trinajstić information content (AvgIpc) is 3.23. The fourth-order valence-electron chi connectivity index (χ4n) is 4.45. The summed E-state index contributed by atoms with van der Waals surface area (Å²) < 4.78 is 7.85. The van der Waals surface area contributed by atoms with Crippen molar-refractivity contribution in [3.05, 3.63) is 42.6 Å². The van der Waals surface area contributed by atoms with Crippen LogP contribution in [0.15, 0.2) is 46.8 Å². The number of fused-ring (bicyclic) bond motifs is 1. The second-order valence-electron chi connectivity index (χ2n) is 8.22. The summed E-state index contributed by atoms with van der Waals surface area (Å²) in [6, 6.07) is 4.28. The number of hydrogen-bond donors (Lipinski definition) is 1. The number of nitrogens with two attached hydrogens (primary N) is 1. The molecular weight excluding hydrogens is 384 g/mol. The molecule has 0 saturated carbocycles. The minimum absolute atomic E-state index is 0.128. The molecule has 152 valence electrons. The number of hydrogen-bond acceptors (Lipinski definition) is 7. The van der Waals surface area contributed by atoms with E-state index in [-0.39, 0.29) is 17.6 Å². The summed E-state index contributed by atoms with van der Waals surface area (Å²) >= 11 is 1.60. The van der Waals surface area contributed by atoms with Crippen LogP contribution in [0, 0.1) is 12.3 Å². The molecule has 0 unspecified atom stereocenters. The molecule has 0 bridgehead atoms. The van der Waals surface area contributed by atoms with Crippen molar-refractivity contribution in [2.75, 3.05) is 24.6 Å². The van der Waals surface area contributed by atoms with E-state index in [9.17, 15) is 0 Å². The predicted octanol–water partition coefficient (Wildman–Crippen LogP) is 2.92. The van der Waals surface area contributed by atoms with Crippen molar-refractivity contribution in [3.63, 3.8) is 0 Å². The van der Waals surface area contributed by atoms with E-state index in [4.69, 9.17) is 10.5 Å². The van der Waals surface area contributed by atoms with Gasteiger partial charge in [0.15, 0.2) is 0 Å². The molecule has 2 aliphatic rings. The summed E-state index contributed by atoms with van der Waals surface area (Å²) in [6.07, 6.45) is 10.0. The number of ether oxygens (including phenoxy) is 1. The Kier molecular flexibility index (Phi) is 4.72. The van der Waals surface area contributed by atoms with E-state index >= 15 is 0 Å². The number of anilines is 1. The summed E-state index contributed by atoms with van der Waals surface area (Å²) in [5.74, 6) is 0.934. The Labute approximate surface area is 174 Å². The first-order valence-corrected chi connectivity index (χ1v) is 10.9. The Hall–Kier alpha value is -2.16. The first kappa shape index (κ1) is 18.8. The Morgan fingerprint density at radius 2 is 2.07 bits per heavy atom. The monoisotopic (exact) mass is 410 g/mol. The molecule has 5 rings (SSSR count). The van der Waals surface area contributed by atoms with Gasteiger partial charge in [-0.1, -0.05) is 11.8 Å². The molecule has 2 N–H and O–H groups in total. The minimum Gasteiger partial charge on any atom is -0.376 e. The Balaban J connectivity index is 1.24. The van der Waals surface area contributed by atoms with Crippen molar-refractivity contribution in [2.45, 2.75) is 48.8 Å². The number of imidazole rings is 1. The Morgan fingerprint density at radius 3 is 2.76 bits per heavy atom. The summed E-state index contributed by atoms with van der Waals surface area (Å²) in [6.45, 7) is 6.76. The van der Waals surface area contributed by atoms with Crippen LogP contribution in [0.1, 0.15) is 25.5 Å². The number of rotatable bonds is 3. The number of aryl methyl sites for hydroxylation is 1. The smallest absolute Gasteiger partial charge is 0.147 e. The average molecular weight is 411 g/mol. The highest BCUT2D eigenvalue weighted by Gasteiger charge is 2.47. The van der Waals surface area contributed by atoms with E-state index in [1.807, 2.05) is 36.1 Å². The van der Waals surface area contributed by atoms with Gasteiger partial charge in [-0.3, -0.25) is 0 Å². The van der Waals surface area contributed by atoms with Gasteiger partial charge in [-0.25, -0.2) is 15.0 Å². The summed E-state index contributed by atoms with van der Waals surface area (Å²) in [5, 5.41) is 0.884. The van der Waals surface area contributed by atoms with Gasteiger partial charge in [-0.15, -0.1) is 0 Å². The van der Waals surface area contributed by atoms with Crippen LogP contribution in [0.3, 0.4) is 0 Å². The van der Waals surface area contributed by atoms with E-state index in [2.05, 4.69) is 38.9 Å². The van der Waals surface area contributed by atoms with Gasteiger partial charge in [0.25, 0.3) is 0 Å². The van der Waals surface area contributed by atoms with Gasteiger partial charge in [0, 0.05) is 41.8 Å². The molecule has 8 heteroatoms. The molecule has 2 aliphatic heterocycles. The van der Waals surface area contributed by atoms with Gasteiger partial charge in [-0.05, 0) is 38.8 Å². The maximum atomic E-state index is 6.42. The van der Waals surface area contributed by atoms with E-state index in [0.717, 1.165) is 59.6 Å². The second-order valence-corrected chi connectivity index (χ2v) is 9.31. The molecule has 0 aliphatic carbocycles. The maximum absolute atomic E-state index is 6.42. The molecule has 2 saturated heterocycles. The molecule has 0 amide bonds. The van der Waals surface area contributed by atoms with Crippen LogP contribution >= 0.6 is 11.8 Å². The van der Waals surface area contributed by atoms with Crippen LogP contribution in [-0.2, 0) is 4.74 Å². The largest absolute Gasteiger partial charge is 0.376 e. The maximum Gasteiger partial charge on any atom is 0.147 e. The number of piperidine rings is 1. The quantitative estimate of drug-likeness (QED) is 0.711. The summed E-state index contributed by atoms with van der Waals surface area (Å²) in [7, 11) is 0. The standard InChI is InChI=1S/C21H26N6OS/c1-14-12-27-6-3-16(9-17(27)25-14)29-19-11-23-18(10-24-19)26-7-4-21(5-8-26)13-28-15(2)20(21)22/h3,6,9-12,15,20H,4-5,7-8,13,22H2,1-2H3/t15-,20+/m0/s1. The molecule has 29 heavy (non-hydrogen) atoms. The van der Waals surface area contributed by atoms with Crippen molar-refractivity contribution in [3.8, 4) is 0 Å². The first-order chi connectivity index (χ1) is 14.0. The van der Waals surface area contributed by atoms with E-state index in [1.54, 1.807) is 11.8 Å². The summed E-state index contributed by atoms with van der Waals surface area (Å²) in [5.41, 5.74) is 8.51. The molecule has 0 aromatic carbocycles. The highest BCUT2D eigenvalue weighted by Crippen LogP contribution is 2.41. The van der Waals surface area contributed by atoms with Crippen molar-refractivity contribution < 1.29 is 4.74 Å². The lowest BCUT2D eigenvalue weighted by Gasteiger charge is -2.41. The van der Waals surface area contributed by atoms with E-state index < -0.39 is 0 Å². The third kappa shape index (κ3) is 3.49. The fourth-order valence-corrected chi connectivity index (χ4v) is 5.20. The third-order valence-corrected chi connectivity index (χ3v) is 7.23. The van der Waals surface area contributed by atoms with Crippen LogP contribution in [0.2, 0.25) is 0 Å². The van der Waals surface area contributed by atoms with Crippen LogP contribution in [0.5, 0.6) is 0 Å². The van der Waals surface area contributed by atoms with E-state index in [0.29, 0.717) is 0 Å². The van der Waals surface area contributed by atoms with Crippen molar-refractivity contribution in [2.24, 2.45) is 11.1 Å². The highest BCUT2D eigenvalue weighted by molar-refractivity contribution is 7.99. The highest BCUT2D eigenvalue weighted by atomic mass is 32.2. The van der Waals surface area contributed by atoms with Crippen LogP contribution in [-0.4, -0.2) is 51.2 Å². The second kappa shape index (κ2) is 7.27. The minimum atomic E-state index is 0.128. The van der Waals surface area contributed by atoms with Gasteiger partial charge in [0.2, 0.25) is 0 Å². The van der Waals surface area contributed by atoms with Gasteiger partial charge >= 0.3 is 0 Å². The van der Waals surface area contributed by atoms with Crippen molar-refractivity contribution >= 4 is 23.2 Å². The van der Waals surface area contributed by atoms with Gasteiger partial charge in [0.1, 0.15) is 16.5 Å². The zero-order valence-corrected chi connectivity index (χ0v) is 17.6. The lowest BCUT2D eigenvalue weighted by molar-refractivity contribution is 0.0974. The van der Waals surface area contributed by atoms with Crippen LogP contribution in [0.25, 0.3) is 5.65 Å². The fraction of sp³-hybridized carbons (Fsp3) is 0.476. The molecule has 1 spiro atoms. The number of nitrogens with zero attached hydrogens (tertiary/aromatic N) is 5. The summed E-state index contributed by atoms with van der Waals surface area (Å²) in [4.78, 5) is 17.2. The normalized spacial score (nSPS) is 23.9. The number of aromatic nitrogens is 4. The lowest BCUT2D eigenvalue weighted by Crippen LogP contribution is -2.50. The molecule has 7 nitrogen and oxygen atoms in total. The van der Waals surface area contributed by atoms with Crippen molar-refractivity contribution in [1.29, 1.82) is 0 Å². The Bertz CT molecular complexity index is 1010. The molecule has 2 atom stereocenters. The Morgan fingerprint density at radius 1 is 1.24 bits per heavy atom. The number of pyridine rings is 1. The zero-order chi connectivity index (χ0) is 20.0. The van der Waals surface area contributed by atoms with Crippen LogP contribution < -0.4 is 10.6 Å². The molecule has 5 heterocycles. The predicted molar refractivity (Wildman–Crippen MR) is 113 cm³/mol. The SMILES string of the molecule is Cc1cn2ccc(Sc3cnc(N4CCC5(CC4)CO[C@@H](C)[C@H]5N)cn3)cc2n1. The molecule has 3 aromatic rings. The topological polar surface area (TPSA) is 81.6 Å². The lowest BCUT2D eigenvalue weighted by atomic mass is 9.73. The van der Waals surface area contributed by atoms with E-state index in [1.165, 1.54) is 0 Å². The van der Waals surface area contributed by atoms with Gasteiger partial charge in [0.05, 0.1) is 30.8 Å². The van der Waals surface area contributed by atoms with Crippen LogP contribution in [0.4, 0.5) is 5.82 Å². The first-order valence-electron chi connectivity index (χ1n) is 10.1. The van der Waals surface area contributed by atoms with Gasteiger partial charge < -0.3 is 19.8 Å².